The third-order valence-electron chi connectivity index (χ3n) is 2.68. The lowest BCUT2D eigenvalue weighted by Crippen LogP contribution is -2.42. The standard InChI is InChI=1S/C12H14N2O3/c1-17-7-8(13)6-14-11(15)9-4-2-3-5-10(9)12(14)16/h2-5,8H,6-7,13H2,1H3. The predicted octanol–water partition coefficient (Wildman–Crippen LogP) is 0.256. The van der Waals surface area contributed by atoms with Crippen LogP contribution in [0, 0.1) is 0 Å². The Morgan fingerprint density at radius 1 is 1.24 bits per heavy atom. The maximum atomic E-state index is 12.0. The summed E-state index contributed by atoms with van der Waals surface area (Å²) in [4.78, 5) is 25.1. The first-order valence-corrected chi connectivity index (χ1v) is 5.35. The van der Waals surface area contributed by atoms with Crippen molar-refractivity contribution in [2.24, 2.45) is 5.73 Å². The number of hydrogen-bond donors (Lipinski definition) is 1. The summed E-state index contributed by atoms with van der Waals surface area (Å²) in [6, 6.07) is 6.42. The second kappa shape index (κ2) is 4.65. The molecular weight excluding hydrogens is 220 g/mol. The Kier molecular flexibility index (Phi) is 3.21. The zero-order valence-electron chi connectivity index (χ0n) is 9.55. The molecule has 17 heavy (non-hydrogen) atoms. The molecule has 1 aliphatic rings. The number of benzene rings is 1. The molecule has 1 heterocycles. The van der Waals surface area contributed by atoms with Crippen molar-refractivity contribution >= 4 is 11.8 Å². The van der Waals surface area contributed by atoms with Crippen LogP contribution in [0.5, 0.6) is 0 Å². The maximum absolute atomic E-state index is 12.0. The van der Waals surface area contributed by atoms with E-state index in [0.29, 0.717) is 17.7 Å². The first kappa shape index (κ1) is 11.8. The van der Waals surface area contributed by atoms with Crippen LogP contribution in [0.3, 0.4) is 0 Å². The molecule has 2 amide bonds. The highest BCUT2D eigenvalue weighted by Crippen LogP contribution is 2.22. The molecule has 2 N–H and O–H groups in total. The lowest BCUT2D eigenvalue weighted by Gasteiger charge is -2.18. The van der Waals surface area contributed by atoms with E-state index in [2.05, 4.69) is 0 Å². The Labute approximate surface area is 99.2 Å². The zero-order valence-corrected chi connectivity index (χ0v) is 9.55. The van der Waals surface area contributed by atoms with Crippen molar-refractivity contribution < 1.29 is 14.3 Å². The number of fused-ring (bicyclic) bond motifs is 1. The van der Waals surface area contributed by atoms with Gasteiger partial charge in [0.25, 0.3) is 11.8 Å². The summed E-state index contributed by atoms with van der Waals surface area (Å²) in [5.41, 5.74) is 6.65. The van der Waals surface area contributed by atoms with Crippen LogP contribution >= 0.6 is 0 Å². The summed E-state index contributed by atoms with van der Waals surface area (Å²) in [6.07, 6.45) is 0. The number of nitrogens with zero attached hydrogens (tertiary/aromatic N) is 1. The average Bonchev–Trinajstić information content (AvgIpc) is 2.56. The number of ether oxygens (including phenoxy) is 1. The molecule has 5 nitrogen and oxygen atoms in total. The molecule has 1 unspecified atom stereocenters. The second-order valence-corrected chi connectivity index (χ2v) is 3.98. The van der Waals surface area contributed by atoms with Gasteiger partial charge in [0.15, 0.2) is 0 Å². The van der Waals surface area contributed by atoms with E-state index in [1.54, 1.807) is 24.3 Å². The molecule has 0 saturated carbocycles. The van der Waals surface area contributed by atoms with Gasteiger partial charge in [-0.2, -0.15) is 0 Å². The fourth-order valence-corrected chi connectivity index (χ4v) is 1.91. The molecule has 5 heteroatoms. The topological polar surface area (TPSA) is 72.6 Å². The summed E-state index contributed by atoms with van der Waals surface area (Å²) in [6.45, 7) is 0.494. The van der Waals surface area contributed by atoms with Gasteiger partial charge in [-0.1, -0.05) is 12.1 Å². The first-order chi connectivity index (χ1) is 8.15. The van der Waals surface area contributed by atoms with Crippen molar-refractivity contribution in [2.75, 3.05) is 20.3 Å². The summed E-state index contributed by atoms with van der Waals surface area (Å²) >= 11 is 0. The van der Waals surface area contributed by atoms with Crippen LogP contribution in [0.2, 0.25) is 0 Å². The third kappa shape index (κ3) is 2.07. The van der Waals surface area contributed by atoms with Gasteiger partial charge < -0.3 is 10.5 Å². The van der Waals surface area contributed by atoms with Crippen molar-refractivity contribution in [1.82, 2.24) is 4.90 Å². The van der Waals surface area contributed by atoms with E-state index >= 15 is 0 Å². The molecule has 2 rings (SSSR count). The highest BCUT2D eigenvalue weighted by molar-refractivity contribution is 6.21. The van der Waals surface area contributed by atoms with Gasteiger partial charge in [-0.25, -0.2) is 0 Å². The van der Waals surface area contributed by atoms with Crippen LogP contribution in [0.4, 0.5) is 0 Å². The lowest BCUT2D eigenvalue weighted by atomic mass is 10.1. The largest absolute Gasteiger partial charge is 0.383 e. The van der Waals surface area contributed by atoms with Crippen molar-refractivity contribution in [3.05, 3.63) is 35.4 Å². The number of imide groups is 1. The van der Waals surface area contributed by atoms with Gasteiger partial charge in [-0.05, 0) is 12.1 Å². The third-order valence-corrected chi connectivity index (χ3v) is 2.68. The summed E-state index contributed by atoms with van der Waals surface area (Å²) in [7, 11) is 1.53. The van der Waals surface area contributed by atoms with E-state index in [4.69, 9.17) is 10.5 Å². The van der Waals surface area contributed by atoms with E-state index in [-0.39, 0.29) is 24.4 Å². The van der Waals surface area contributed by atoms with Crippen LogP contribution < -0.4 is 5.73 Å². The molecule has 1 atom stereocenters. The minimum absolute atomic E-state index is 0.181. The fraction of sp³-hybridized carbons (Fsp3) is 0.333. The molecule has 1 aromatic rings. The van der Waals surface area contributed by atoms with Gasteiger partial charge >= 0.3 is 0 Å². The Hall–Kier alpha value is -1.72. The molecule has 0 fully saturated rings. The molecule has 0 aliphatic carbocycles. The van der Waals surface area contributed by atoms with Gasteiger partial charge in [0.05, 0.1) is 17.7 Å². The molecular formula is C12H14N2O3. The zero-order chi connectivity index (χ0) is 12.4. The number of rotatable bonds is 4. The minimum atomic E-state index is -0.359. The Balaban J connectivity index is 2.19. The molecule has 0 radical (unpaired) electrons. The first-order valence-electron chi connectivity index (χ1n) is 5.35. The Morgan fingerprint density at radius 3 is 2.24 bits per heavy atom. The molecule has 90 valence electrons. The summed E-state index contributed by atoms with van der Waals surface area (Å²) in [5, 5.41) is 0. The van der Waals surface area contributed by atoms with Gasteiger partial charge in [0.1, 0.15) is 0 Å². The highest BCUT2D eigenvalue weighted by atomic mass is 16.5. The van der Waals surface area contributed by atoms with E-state index in [1.165, 1.54) is 12.0 Å². The van der Waals surface area contributed by atoms with Crippen LogP contribution in [-0.2, 0) is 4.74 Å². The minimum Gasteiger partial charge on any atom is -0.383 e. The smallest absolute Gasteiger partial charge is 0.261 e. The predicted molar refractivity (Wildman–Crippen MR) is 61.7 cm³/mol. The Bertz CT molecular complexity index is 424. The average molecular weight is 234 g/mol. The molecule has 0 bridgehead atoms. The molecule has 0 aromatic heterocycles. The Morgan fingerprint density at radius 2 is 1.76 bits per heavy atom. The maximum Gasteiger partial charge on any atom is 0.261 e. The van der Waals surface area contributed by atoms with E-state index < -0.39 is 0 Å². The number of methoxy groups -OCH3 is 1. The number of carbonyl (C=O) groups excluding carboxylic acids is 2. The summed E-state index contributed by atoms with van der Waals surface area (Å²) < 4.78 is 4.89. The normalized spacial score (nSPS) is 16.2. The number of hydrogen-bond acceptors (Lipinski definition) is 4. The van der Waals surface area contributed by atoms with Crippen molar-refractivity contribution in [1.29, 1.82) is 0 Å². The van der Waals surface area contributed by atoms with Crippen LogP contribution in [0.25, 0.3) is 0 Å². The second-order valence-electron chi connectivity index (χ2n) is 3.98. The highest BCUT2D eigenvalue weighted by Gasteiger charge is 2.35. The van der Waals surface area contributed by atoms with Gasteiger partial charge in [0.2, 0.25) is 0 Å². The van der Waals surface area contributed by atoms with Crippen LogP contribution in [-0.4, -0.2) is 43.0 Å². The van der Waals surface area contributed by atoms with Crippen molar-refractivity contribution in [3.63, 3.8) is 0 Å². The molecule has 1 aromatic carbocycles. The van der Waals surface area contributed by atoms with Crippen molar-refractivity contribution in [2.45, 2.75) is 6.04 Å². The van der Waals surface area contributed by atoms with Gasteiger partial charge in [-0.3, -0.25) is 14.5 Å². The monoisotopic (exact) mass is 234 g/mol. The van der Waals surface area contributed by atoms with Gasteiger partial charge in [-0.15, -0.1) is 0 Å². The van der Waals surface area contributed by atoms with Crippen molar-refractivity contribution in [3.8, 4) is 0 Å². The van der Waals surface area contributed by atoms with E-state index in [9.17, 15) is 9.59 Å². The fourth-order valence-electron chi connectivity index (χ4n) is 1.91. The lowest BCUT2D eigenvalue weighted by molar-refractivity contribution is 0.0624. The molecule has 0 spiro atoms. The summed E-state index contributed by atoms with van der Waals surface area (Å²) in [5.74, 6) is -0.561. The molecule has 0 saturated heterocycles. The van der Waals surface area contributed by atoms with E-state index in [0.717, 1.165) is 0 Å². The van der Waals surface area contributed by atoms with E-state index in [1.807, 2.05) is 0 Å². The van der Waals surface area contributed by atoms with Crippen LogP contribution in [0.15, 0.2) is 24.3 Å². The number of amides is 2. The number of nitrogens with two attached hydrogens (primary N) is 1. The van der Waals surface area contributed by atoms with Gasteiger partial charge in [0, 0.05) is 19.7 Å². The SMILES string of the molecule is COCC(N)CN1C(=O)c2ccccc2C1=O. The quantitative estimate of drug-likeness (QED) is 0.758. The number of carbonyl (C=O) groups is 2. The molecule has 1 aliphatic heterocycles. The van der Waals surface area contributed by atoms with Crippen LogP contribution in [0.1, 0.15) is 20.7 Å².